The van der Waals surface area contributed by atoms with Gasteiger partial charge in [0, 0.05) is 0 Å². The first-order valence-electron chi connectivity index (χ1n) is 5.66. The lowest BCUT2D eigenvalue weighted by molar-refractivity contribution is -0.386. The summed E-state index contributed by atoms with van der Waals surface area (Å²) in [4.78, 5) is 21.3. The predicted molar refractivity (Wildman–Crippen MR) is 67.2 cm³/mol. The third kappa shape index (κ3) is 3.65. The van der Waals surface area contributed by atoms with Gasteiger partial charge >= 0.3 is 5.97 Å². The minimum atomic E-state index is -1.58. The number of carbonyl (C=O) groups excluding carboxylic acids is 1. The van der Waals surface area contributed by atoms with Crippen molar-refractivity contribution in [2.24, 2.45) is 0 Å². The van der Waals surface area contributed by atoms with Crippen molar-refractivity contribution in [1.29, 1.82) is 0 Å². The number of nitro benzene ring substituents is 1. The summed E-state index contributed by atoms with van der Waals surface area (Å²) < 4.78 is 9.22. The molecule has 110 valence electrons. The predicted octanol–water partition coefficient (Wildman–Crippen LogP) is 0.561. The maximum atomic E-state index is 11.0. The van der Waals surface area contributed by atoms with Gasteiger partial charge in [-0.2, -0.15) is 0 Å². The standard InChI is InChI=1S/C12H15NO7/c1-19-7-3-4-8(9(5-7)13(17)18)12(16)10(14)6-11(15)20-2/h3-5,10,12,14,16H,6H2,1-2H3. The van der Waals surface area contributed by atoms with Crippen molar-refractivity contribution in [3.8, 4) is 5.75 Å². The highest BCUT2D eigenvalue weighted by molar-refractivity contribution is 5.70. The highest BCUT2D eigenvalue weighted by Crippen LogP contribution is 2.31. The van der Waals surface area contributed by atoms with Crippen LogP contribution >= 0.6 is 0 Å². The summed E-state index contributed by atoms with van der Waals surface area (Å²) in [5.74, 6) is -0.483. The van der Waals surface area contributed by atoms with E-state index in [9.17, 15) is 25.1 Å². The highest BCUT2D eigenvalue weighted by atomic mass is 16.6. The number of ether oxygens (including phenoxy) is 2. The number of carbonyl (C=O) groups is 1. The first-order valence-corrected chi connectivity index (χ1v) is 5.66. The van der Waals surface area contributed by atoms with Crippen LogP contribution in [0, 0.1) is 10.1 Å². The van der Waals surface area contributed by atoms with Crippen molar-refractivity contribution in [3.05, 3.63) is 33.9 Å². The Morgan fingerprint density at radius 3 is 2.55 bits per heavy atom. The number of rotatable bonds is 6. The first-order chi connectivity index (χ1) is 9.40. The maximum absolute atomic E-state index is 11.0. The normalized spacial score (nSPS) is 13.4. The van der Waals surface area contributed by atoms with Crippen molar-refractivity contribution in [2.45, 2.75) is 18.6 Å². The molecule has 0 heterocycles. The molecule has 0 aromatic heterocycles. The Kier molecular flexibility index (Phi) is 5.42. The van der Waals surface area contributed by atoms with Crippen molar-refractivity contribution in [2.75, 3.05) is 14.2 Å². The van der Waals surface area contributed by atoms with Gasteiger partial charge in [0.05, 0.1) is 43.3 Å². The summed E-state index contributed by atoms with van der Waals surface area (Å²) in [6.07, 6.45) is -3.56. The van der Waals surface area contributed by atoms with Crippen LogP contribution in [-0.2, 0) is 9.53 Å². The molecule has 20 heavy (non-hydrogen) atoms. The summed E-state index contributed by atoms with van der Waals surface area (Å²) >= 11 is 0. The number of benzene rings is 1. The molecule has 0 aliphatic rings. The van der Waals surface area contributed by atoms with Gasteiger partial charge in [0.15, 0.2) is 0 Å². The number of hydrogen-bond acceptors (Lipinski definition) is 7. The smallest absolute Gasteiger partial charge is 0.308 e. The fraction of sp³-hybridized carbons (Fsp3) is 0.417. The Labute approximate surface area is 114 Å². The molecular weight excluding hydrogens is 270 g/mol. The Bertz CT molecular complexity index is 503. The van der Waals surface area contributed by atoms with Gasteiger partial charge in [-0.1, -0.05) is 0 Å². The molecule has 0 fully saturated rings. The lowest BCUT2D eigenvalue weighted by atomic mass is 10.00. The molecule has 0 amide bonds. The fourth-order valence-corrected chi connectivity index (χ4v) is 1.63. The van der Waals surface area contributed by atoms with Crippen LogP contribution in [-0.4, -0.2) is 41.4 Å². The van der Waals surface area contributed by atoms with E-state index in [1.807, 2.05) is 0 Å². The first kappa shape index (κ1) is 15.9. The Balaban J connectivity index is 3.05. The number of methoxy groups -OCH3 is 2. The molecule has 0 spiro atoms. The number of aliphatic hydroxyl groups is 2. The average Bonchev–Trinajstić information content (AvgIpc) is 2.45. The molecule has 0 aliphatic heterocycles. The molecule has 1 rings (SSSR count). The van der Waals surface area contributed by atoms with Gasteiger partial charge in [0.25, 0.3) is 5.69 Å². The van der Waals surface area contributed by atoms with E-state index in [0.29, 0.717) is 0 Å². The third-order valence-electron chi connectivity index (χ3n) is 2.72. The molecule has 2 unspecified atom stereocenters. The minimum absolute atomic E-state index is 0.104. The van der Waals surface area contributed by atoms with Crippen molar-refractivity contribution < 1.29 is 29.4 Å². The Morgan fingerprint density at radius 1 is 1.40 bits per heavy atom. The zero-order valence-corrected chi connectivity index (χ0v) is 11.0. The van der Waals surface area contributed by atoms with Gasteiger partial charge in [-0.05, 0) is 12.1 Å². The Hall–Kier alpha value is -2.19. The second-order valence-corrected chi connectivity index (χ2v) is 3.97. The van der Waals surface area contributed by atoms with E-state index in [-0.39, 0.29) is 11.3 Å². The largest absolute Gasteiger partial charge is 0.497 e. The third-order valence-corrected chi connectivity index (χ3v) is 2.72. The second kappa shape index (κ2) is 6.83. The van der Waals surface area contributed by atoms with Gasteiger partial charge in [-0.15, -0.1) is 0 Å². The monoisotopic (exact) mass is 285 g/mol. The molecule has 0 bridgehead atoms. The van der Waals surface area contributed by atoms with Gasteiger partial charge in [0.2, 0.25) is 0 Å². The van der Waals surface area contributed by atoms with E-state index in [2.05, 4.69) is 4.74 Å². The highest BCUT2D eigenvalue weighted by Gasteiger charge is 2.28. The Morgan fingerprint density at radius 2 is 2.05 bits per heavy atom. The summed E-state index contributed by atoms with van der Waals surface area (Å²) in [5.41, 5.74) is -0.507. The topological polar surface area (TPSA) is 119 Å². The molecule has 1 aromatic rings. The molecule has 0 saturated heterocycles. The van der Waals surface area contributed by atoms with E-state index in [1.165, 1.54) is 19.2 Å². The SMILES string of the molecule is COC(=O)CC(O)C(O)c1ccc(OC)cc1[N+](=O)[O-]. The van der Waals surface area contributed by atoms with E-state index in [4.69, 9.17) is 4.74 Å². The maximum Gasteiger partial charge on any atom is 0.308 e. The number of esters is 1. The van der Waals surface area contributed by atoms with Crippen LogP contribution in [0.5, 0.6) is 5.75 Å². The van der Waals surface area contributed by atoms with Crippen LogP contribution < -0.4 is 4.74 Å². The van der Waals surface area contributed by atoms with Crippen LogP contribution in [0.15, 0.2) is 18.2 Å². The van der Waals surface area contributed by atoms with E-state index >= 15 is 0 Å². The van der Waals surface area contributed by atoms with Gasteiger partial charge in [-0.25, -0.2) is 0 Å². The molecule has 1 aromatic carbocycles. The van der Waals surface area contributed by atoms with Crippen molar-refractivity contribution >= 4 is 11.7 Å². The fourth-order valence-electron chi connectivity index (χ4n) is 1.63. The molecule has 0 saturated carbocycles. The number of aliphatic hydroxyl groups excluding tert-OH is 2. The van der Waals surface area contributed by atoms with Crippen LogP contribution in [0.2, 0.25) is 0 Å². The minimum Gasteiger partial charge on any atom is -0.497 e. The van der Waals surface area contributed by atoms with Crippen molar-refractivity contribution in [3.63, 3.8) is 0 Å². The lowest BCUT2D eigenvalue weighted by Crippen LogP contribution is -2.23. The quantitative estimate of drug-likeness (QED) is 0.445. The van der Waals surface area contributed by atoms with Crippen LogP contribution in [0.25, 0.3) is 0 Å². The second-order valence-electron chi connectivity index (χ2n) is 3.97. The molecule has 0 radical (unpaired) electrons. The zero-order valence-electron chi connectivity index (χ0n) is 11.0. The summed E-state index contributed by atoms with van der Waals surface area (Å²) in [7, 11) is 2.48. The summed E-state index contributed by atoms with van der Waals surface area (Å²) in [5, 5.41) is 30.6. The van der Waals surface area contributed by atoms with E-state index < -0.39 is 35.2 Å². The zero-order chi connectivity index (χ0) is 15.3. The van der Waals surface area contributed by atoms with Crippen molar-refractivity contribution in [1.82, 2.24) is 0 Å². The van der Waals surface area contributed by atoms with Crippen LogP contribution in [0.1, 0.15) is 18.1 Å². The number of nitrogens with zero attached hydrogens (tertiary/aromatic N) is 1. The molecule has 0 aliphatic carbocycles. The average molecular weight is 285 g/mol. The lowest BCUT2D eigenvalue weighted by Gasteiger charge is -2.17. The summed E-state index contributed by atoms with van der Waals surface area (Å²) in [6.45, 7) is 0. The molecule has 2 atom stereocenters. The molecule has 8 heteroatoms. The van der Waals surface area contributed by atoms with Gasteiger partial charge in [0.1, 0.15) is 11.9 Å². The van der Waals surface area contributed by atoms with E-state index in [0.717, 1.165) is 13.2 Å². The molecular formula is C12H15NO7. The number of hydrogen-bond donors (Lipinski definition) is 2. The van der Waals surface area contributed by atoms with Crippen LogP contribution in [0.4, 0.5) is 5.69 Å². The van der Waals surface area contributed by atoms with Crippen LogP contribution in [0.3, 0.4) is 0 Å². The molecule has 2 N–H and O–H groups in total. The summed E-state index contributed by atoms with van der Waals surface area (Å²) in [6, 6.07) is 3.81. The number of nitro groups is 1. The van der Waals surface area contributed by atoms with Gasteiger partial charge < -0.3 is 19.7 Å². The van der Waals surface area contributed by atoms with E-state index in [1.54, 1.807) is 0 Å². The van der Waals surface area contributed by atoms with Gasteiger partial charge in [-0.3, -0.25) is 14.9 Å². The molecule has 8 nitrogen and oxygen atoms in total.